The monoisotopic (exact) mass is 439 g/mol. The highest BCUT2D eigenvalue weighted by molar-refractivity contribution is 6.34. The first-order valence-corrected chi connectivity index (χ1v) is 8.36. The maximum absolute atomic E-state index is 12.9. The van der Waals surface area contributed by atoms with Crippen molar-refractivity contribution in [1.29, 1.82) is 0 Å². The van der Waals surface area contributed by atoms with Crippen LogP contribution in [0.1, 0.15) is 16.1 Å². The number of carbonyl (C=O) groups excluding carboxylic acids is 2. The van der Waals surface area contributed by atoms with E-state index in [0.29, 0.717) is 6.07 Å². The lowest BCUT2D eigenvalue weighted by Crippen LogP contribution is -2.35. The van der Waals surface area contributed by atoms with Gasteiger partial charge in [0.15, 0.2) is 0 Å². The van der Waals surface area contributed by atoms with Gasteiger partial charge in [-0.05, 0) is 30.3 Å². The summed E-state index contributed by atoms with van der Waals surface area (Å²) in [6, 6.07) is 5.71. The molecule has 5 nitrogen and oxygen atoms in total. The van der Waals surface area contributed by atoms with Gasteiger partial charge in [0.1, 0.15) is 10.8 Å². The Kier molecular flexibility index (Phi) is 6.56. The largest absolute Gasteiger partial charge is 0.417 e. The first-order valence-electron chi connectivity index (χ1n) is 7.23. The number of benzene rings is 1. The molecule has 1 aromatic carbocycles. The molecular formula is C16H11Cl3F3N3O2. The summed E-state index contributed by atoms with van der Waals surface area (Å²) >= 11 is 17.1. The molecule has 0 atom stereocenters. The quantitative estimate of drug-likeness (QED) is 0.697. The summed E-state index contributed by atoms with van der Waals surface area (Å²) in [4.78, 5) is 29.2. The second-order valence-corrected chi connectivity index (χ2v) is 6.57. The summed E-state index contributed by atoms with van der Waals surface area (Å²) in [5.74, 6) is -1.40. The minimum atomic E-state index is -4.67. The average molecular weight is 441 g/mol. The van der Waals surface area contributed by atoms with Gasteiger partial charge in [-0.15, -0.1) is 0 Å². The number of halogens is 6. The van der Waals surface area contributed by atoms with E-state index in [9.17, 15) is 22.8 Å². The van der Waals surface area contributed by atoms with E-state index in [1.54, 1.807) is 0 Å². The van der Waals surface area contributed by atoms with E-state index in [2.05, 4.69) is 10.3 Å². The van der Waals surface area contributed by atoms with Crippen molar-refractivity contribution in [2.45, 2.75) is 6.18 Å². The highest BCUT2D eigenvalue weighted by Crippen LogP contribution is 2.36. The molecule has 0 aliphatic heterocycles. The number of anilines is 1. The van der Waals surface area contributed by atoms with Gasteiger partial charge in [-0.2, -0.15) is 13.2 Å². The molecule has 0 aliphatic rings. The molecular weight excluding hydrogens is 430 g/mol. The van der Waals surface area contributed by atoms with Gasteiger partial charge in [-0.25, -0.2) is 4.98 Å². The van der Waals surface area contributed by atoms with Gasteiger partial charge in [-0.3, -0.25) is 9.59 Å². The van der Waals surface area contributed by atoms with Crippen LogP contribution in [-0.2, 0) is 11.0 Å². The lowest BCUT2D eigenvalue weighted by Gasteiger charge is -2.17. The minimum absolute atomic E-state index is 0.0430. The SMILES string of the molecule is CN(CC(=O)Nc1ccc(Cl)c(C(F)(F)F)c1)C(=O)c1nc(Cl)ccc1Cl. The zero-order valence-corrected chi connectivity index (χ0v) is 15.8. The Hall–Kier alpha value is -2.03. The van der Waals surface area contributed by atoms with Gasteiger partial charge in [0.2, 0.25) is 5.91 Å². The van der Waals surface area contributed by atoms with Crippen LogP contribution in [0.2, 0.25) is 15.2 Å². The Morgan fingerprint density at radius 3 is 2.37 bits per heavy atom. The molecule has 2 aromatic rings. The molecule has 0 unspecified atom stereocenters. The van der Waals surface area contributed by atoms with E-state index in [4.69, 9.17) is 34.8 Å². The van der Waals surface area contributed by atoms with Crippen LogP contribution < -0.4 is 5.32 Å². The molecule has 0 bridgehead atoms. The first kappa shape index (κ1) is 21.3. The molecule has 0 aliphatic carbocycles. The molecule has 0 saturated heterocycles. The van der Waals surface area contributed by atoms with Crippen molar-refractivity contribution in [1.82, 2.24) is 9.88 Å². The average Bonchev–Trinajstić information content (AvgIpc) is 2.57. The van der Waals surface area contributed by atoms with Gasteiger partial charge >= 0.3 is 6.18 Å². The van der Waals surface area contributed by atoms with Crippen molar-refractivity contribution >= 4 is 52.3 Å². The fraction of sp³-hybridized carbons (Fsp3) is 0.188. The summed E-state index contributed by atoms with van der Waals surface area (Å²) in [6.45, 7) is -0.451. The second kappa shape index (κ2) is 8.33. The number of aromatic nitrogens is 1. The summed E-state index contributed by atoms with van der Waals surface area (Å²) in [5, 5.41) is 1.87. The zero-order chi connectivity index (χ0) is 20.4. The molecule has 0 radical (unpaired) electrons. The summed E-state index contributed by atoms with van der Waals surface area (Å²) in [6.07, 6.45) is -4.67. The van der Waals surface area contributed by atoms with Crippen molar-refractivity contribution in [3.63, 3.8) is 0 Å². The Labute approximate surface area is 167 Å². The van der Waals surface area contributed by atoms with Crippen LogP contribution in [0, 0.1) is 0 Å². The Balaban J connectivity index is 2.09. The Morgan fingerprint density at radius 2 is 1.74 bits per heavy atom. The van der Waals surface area contributed by atoms with Crippen LogP contribution in [0.15, 0.2) is 30.3 Å². The van der Waals surface area contributed by atoms with Gasteiger partial charge in [-0.1, -0.05) is 34.8 Å². The summed E-state index contributed by atoms with van der Waals surface area (Å²) in [5.41, 5.74) is -1.34. The number of nitrogens with zero attached hydrogens (tertiary/aromatic N) is 2. The Bertz CT molecular complexity index is 891. The van der Waals surface area contributed by atoms with E-state index in [1.165, 1.54) is 25.2 Å². The zero-order valence-electron chi connectivity index (χ0n) is 13.6. The molecule has 1 heterocycles. The van der Waals surface area contributed by atoms with Crippen LogP contribution in [0.3, 0.4) is 0 Å². The second-order valence-electron chi connectivity index (χ2n) is 5.37. The van der Waals surface area contributed by atoms with E-state index < -0.39 is 35.1 Å². The fourth-order valence-corrected chi connectivity index (χ4v) is 2.62. The predicted octanol–water partition coefficient (Wildman–Crippen LogP) is 4.77. The van der Waals surface area contributed by atoms with Crippen molar-refractivity contribution in [3.8, 4) is 0 Å². The van der Waals surface area contributed by atoms with E-state index >= 15 is 0 Å². The highest BCUT2D eigenvalue weighted by Gasteiger charge is 2.33. The third-order valence-corrected chi connectivity index (χ3v) is 4.14. The molecule has 11 heteroatoms. The van der Waals surface area contributed by atoms with Gasteiger partial charge in [0, 0.05) is 12.7 Å². The number of amides is 2. The van der Waals surface area contributed by atoms with Crippen LogP contribution in [0.5, 0.6) is 0 Å². The molecule has 0 saturated carbocycles. The first-order chi connectivity index (χ1) is 12.5. The number of pyridine rings is 1. The highest BCUT2D eigenvalue weighted by atomic mass is 35.5. The minimum Gasteiger partial charge on any atom is -0.331 e. The van der Waals surface area contributed by atoms with Gasteiger partial charge < -0.3 is 10.2 Å². The lowest BCUT2D eigenvalue weighted by atomic mass is 10.2. The van der Waals surface area contributed by atoms with Crippen molar-refractivity contribution in [2.75, 3.05) is 18.9 Å². The van der Waals surface area contributed by atoms with Crippen molar-refractivity contribution in [3.05, 3.63) is 56.8 Å². The van der Waals surface area contributed by atoms with E-state index in [0.717, 1.165) is 11.0 Å². The van der Waals surface area contributed by atoms with Crippen molar-refractivity contribution in [2.24, 2.45) is 0 Å². The van der Waals surface area contributed by atoms with Gasteiger partial charge in [0.25, 0.3) is 5.91 Å². The number of rotatable bonds is 4. The van der Waals surface area contributed by atoms with Crippen molar-refractivity contribution < 1.29 is 22.8 Å². The predicted molar refractivity (Wildman–Crippen MR) is 96.3 cm³/mol. The smallest absolute Gasteiger partial charge is 0.331 e. The number of alkyl halides is 3. The maximum atomic E-state index is 12.9. The van der Waals surface area contributed by atoms with Gasteiger partial charge in [0.05, 0.1) is 22.2 Å². The molecule has 1 N–H and O–H groups in total. The fourth-order valence-electron chi connectivity index (χ4n) is 2.06. The number of carbonyl (C=O) groups is 2. The van der Waals surface area contributed by atoms with Crippen LogP contribution in [0.4, 0.5) is 18.9 Å². The summed E-state index contributed by atoms with van der Waals surface area (Å²) in [7, 11) is 1.31. The molecule has 0 spiro atoms. The van der Waals surface area contributed by atoms with Crippen LogP contribution in [-0.4, -0.2) is 35.3 Å². The standard InChI is InChI=1S/C16H11Cl3F3N3O2/c1-25(15(27)14-11(18)4-5-12(19)24-14)7-13(26)23-8-2-3-10(17)9(6-8)16(20,21)22/h2-6H,7H2,1H3,(H,23,26). The number of nitrogens with one attached hydrogen (secondary N) is 1. The third-order valence-electron chi connectivity index (χ3n) is 3.30. The van der Waals surface area contributed by atoms with E-state index in [-0.39, 0.29) is 21.6 Å². The molecule has 0 fully saturated rings. The molecule has 1 aromatic heterocycles. The number of likely N-dealkylation sites (N-methyl/N-ethyl adjacent to an activating group) is 1. The maximum Gasteiger partial charge on any atom is 0.417 e. The normalized spacial score (nSPS) is 11.2. The number of hydrogen-bond donors (Lipinski definition) is 1. The molecule has 2 rings (SSSR count). The summed E-state index contributed by atoms with van der Waals surface area (Å²) < 4.78 is 38.6. The molecule has 144 valence electrons. The third kappa shape index (κ3) is 5.47. The number of hydrogen-bond acceptors (Lipinski definition) is 3. The Morgan fingerprint density at radius 1 is 1.11 bits per heavy atom. The molecule has 2 amide bonds. The topological polar surface area (TPSA) is 62.3 Å². The van der Waals surface area contributed by atoms with E-state index in [1.807, 2.05) is 0 Å². The molecule has 27 heavy (non-hydrogen) atoms. The van der Waals surface area contributed by atoms with Crippen LogP contribution in [0.25, 0.3) is 0 Å². The lowest BCUT2D eigenvalue weighted by molar-refractivity contribution is -0.137. The van der Waals surface area contributed by atoms with Crippen LogP contribution >= 0.6 is 34.8 Å².